The number of rotatable bonds is 7. The molecular weight excluding hydrogens is 448 g/mol. The van der Waals surface area contributed by atoms with Gasteiger partial charge in [-0.1, -0.05) is 28.1 Å². The van der Waals surface area contributed by atoms with Crippen LogP contribution in [0, 0.1) is 0 Å². The zero-order valence-electron chi connectivity index (χ0n) is 17.3. The smallest absolute Gasteiger partial charge is 0.339 e. The molecule has 2 aromatic rings. The molecule has 1 N–H and O–H groups in total. The van der Waals surface area contributed by atoms with Crippen molar-refractivity contribution < 1.29 is 14.3 Å². The molecule has 1 atom stereocenters. The van der Waals surface area contributed by atoms with E-state index in [2.05, 4.69) is 36.0 Å². The van der Waals surface area contributed by atoms with Crippen LogP contribution in [0.15, 0.2) is 47.1 Å². The molecule has 7 nitrogen and oxygen atoms in total. The van der Waals surface area contributed by atoms with E-state index < -0.39 is 0 Å². The Balaban J connectivity index is 1.45. The van der Waals surface area contributed by atoms with E-state index in [9.17, 15) is 9.59 Å². The SMILES string of the molecule is CCOC(=O)c1ccc(N2CCN(CC(=O)NC(C)c3ccc(Br)cc3)CC2)nc1. The molecule has 0 aliphatic carbocycles. The molecule has 0 spiro atoms. The number of halogens is 1. The predicted molar refractivity (Wildman–Crippen MR) is 120 cm³/mol. The molecule has 1 aromatic carbocycles. The highest BCUT2D eigenvalue weighted by atomic mass is 79.9. The molecule has 1 amide bonds. The first-order valence-corrected chi connectivity index (χ1v) is 10.9. The number of aromatic nitrogens is 1. The van der Waals surface area contributed by atoms with E-state index in [1.807, 2.05) is 37.3 Å². The first-order chi connectivity index (χ1) is 14.5. The second-order valence-corrected chi connectivity index (χ2v) is 8.15. The number of nitrogens with one attached hydrogen (secondary N) is 1. The van der Waals surface area contributed by atoms with Gasteiger partial charge in [-0.05, 0) is 43.7 Å². The number of benzene rings is 1. The summed E-state index contributed by atoms with van der Waals surface area (Å²) in [6.07, 6.45) is 1.55. The minimum absolute atomic E-state index is 0.0239. The van der Waals surface area contributed by atoms with Crippen LogP contribution in [0.5, 0.6) is 0 Å². The standard InChI is InChI=1S/C22H27BrN4O3/c1-3-30-22(29)18-6-9-20(24-14-18)27-12-10-26(11-13-27)15-21(28)25-16(2)17-4-7-19(23)8-5-17/h4-9,14,16H,3,10-13,15H2,1-2H3,(H,25,28). The minimum Gasteiger partial charge on any atom is -0.462 e. The summed E-state index contributed by atoms with van der Waals surface area (Å²) in [4.78, 5) is 32.9. The molecule has 1 saturated heterocycles. The lowest BCUT2D eigenvalue weighted by Gasteiger charge is -2.35. The maximum atomic E-state index is 12.4. The van der Waals surface area contributed by atoms with E-state index in [4.69, 9.17) is 4.74 Å². The summed E-state index contributed by atoms with van der Waals surface area (Å²) in [7, 11) is 0. The second-order valence-electron chi connectivity index (χ2n) is 7.23. The van der Waals surface area contributed by atoms with Gasteiger partial charge in [0.1, 0.15) is 5.82 Å². The highest BCUT2D eigenvalue weighted by Crippen LogP contribution is 2.17. The van der Waals surface area contributed by atoms with Gasteiger partial charge in [-0.25, -0.2) is 9.78 Å². The lowest BCUT2D eigenvalue weighted by molar-refractivity contribution is -0.123. The summed E-state index contributed by atoms with van der Waals surface area (Å²) < 4.78 is 6.01. The average molecular weight is 475 g/mol. The fraction of sp³-hybridized carbons (Fsp3) is 0.409. The van der Waals surface area contributed by atoms with Gasteiger partial charge in [0.05, 0.1) is 24.8 Å². The quantitative estimate of drug-likeness (QED) is 0.621. The number of anilines is 1. The van der Waals surface area contributed by atoms with Gasteiger partial charge in [-0.15, -0.1) is 0 Å². The van der Waals surface area contributed by atoms with Crippen LogP contribution < -0.4 is 10.2 Å². The molecule has 1 aliphatic rings. The van der Waals surface area contributed by atoms with Crippen molar-refractivity contribution in [3.05, 3.63) is 58.2 Å². The predicted octanol–water partition coefficient (Wildman–Crippen LogP) is 3.02. The maximum absolute atomic E-state index is 12.4. The molecule has 1 aromatic heterocycles. The van der Waals surface area contributed by atoms with Crippen LogP contribution in [0.2, 0.25) is 0 Å². The monoisotopic (exact) mass is 474 g/mol. The molecule has 30 heavy (non-hydrogen) atoms. The summed E-state index contributed by atoms with van der Waals surface area (Å²) in [5, 5.41) is 3.07. The zero-order chi connectivity index (χ0) is 21.5. The molecule has 1 aliphatic heterocycles. The highest BCUT2D eigenvalue weighted by molar-refractivity contribution is 9.10. The third-order valence-corrected chi connectivity index (χ3v) is 5.60. The number of amides is 1. The fourth-order valence-electron chi connectivity index (χ4n) is 3.37. The van der Waals surface area contributed by atoms with Gasteiger partial charge < -0.3 is 15.0 Å². The van der Waals surface area contributed by atoms with Crippen molar-refractivity contribution in [1.29, 1.82) is 0 Å². The topological polar surface area (TPSA) is 74.8 Å². The lowest BCUT2D eigenvalue weighted by atomic mass is 10.1. The largest absolute Gasteiger partial charge is 0.462 e. The summed E-state index contributed by atoms with van der Waals surface area (Å²) in [6.45, 7) is 7.61. The Morgan fingerprint density at radius 1 is 1.13 bits per heavy atom. The molecule has 1 unspecified atom stereocenters. The normalized spacial score (nSPS) is 15.5. The van der Waals surface area contributed by atoms with Crippen molar-refractivity contribution in [1.82, 2.24) is 15.2 Å². The van der Waals surface area contributed by atoms with Gasteiger partial charge in [0.2, 0.25) is 5.91 Å². The van der Waals surface area contributed by atoms with Crippen LogP contribution in [0.3, 0.4) is 0 Å². The van der Waals surface area contributed by atoms with Gasteiger partial charge in [0, 0.05) is 36.8 Å². The summed E-state index contributed by atoms with van der Waals surface area (Å²) in [6, 6.07) is 11.5. The Kier molecular flexibility index (Phi) is 7.81. The van der Waals surface area contributed by atoms with Gasteiger partial charge in [0.25, 0.3) is 0 Å². The zero-order valence-corrected chi connectivity index (χ0v) is 18.9. The van der Waals surface area contributed by atoms with Crippen LogP contribution in [-0.4, -0.2) is 61.1 Å². The number of carbonyl (C=O) groups excluding carboxylic acids is 2. The Morgan fingerprint density at radius 3 is 2.43 bits per heavy atom. The average Bonchev–Trinajstić information content (AvgIpc) is 2.75. The number of carbonyl (C=O) groups is 2. The van der Waals surface area contributed by atoms with Crippen LogP contribution in [0.25, 0.3) is 0 Å². The van der Waals surface area contributed by atoms with Crippen molar-refractivity contribution in [3.63, 3.8) is 0 Å². The first kappa shape index (κ1) is 22.2. The van der Waals surface area contributed by atoms with Crippen LogP contribution in [-0.2, 0) is 9.53 Å². The Labute approximate surface area is 185 Å². The molecule has 0 radical (unpaired) electrons. The highest BCUT2D eigenvalue weighted by Gasteiger charge is 2.21. The second kappa shape index (κ2) is 10.5. The number of pyridine rings is 1. The van der Waals surface area contributed by atoms with E-state index in [0.717, 1.165) is 42.0 Å². The molecule has 1 fully saturated rings. The molecule has 3 rings (SSSR count). The number of ether oxygens (including phenoxy) is 1. The summed E-state index contributed by atoms with van der Waals surface area (Å²) in [5.74, 6) is 0.497. The number of hydrogen-bond acceptors (Lipinski definition) is 6. The van der Waals surface area contributed by atoms with Gasteiger partial charge >= 0.3 is 5.97 Å². The van der Waals surface area contributed by atoms with E-state index in [0.29, 0.717) is 18.7 Å². The van der Waals surface area contributed by atoms with Crippen molar-refractivity contribution in [3.8, 4) is 0 Å². The van der Waals surface area contributed by atoms with Gasteiger partial charge in [-0.3, -0.25) is 9.69 Å². The Hall–Kier alpha value is -2.45. The molecule has 2 heterocycles. The molecular formula is C22H27BrN4O3. The van der Waals surface area contributed by atoms with E-state index in [-0.39, 0.29) is 17.9 Å². The van der Waals surface area contributed by atoms with Crippen LogP contribution in [0.4, 0.5) is 5.82 Å². The number of nitrogens with zero attached hydrogens (tertiary/aromatic N) is 3. The van der Waals surface area contributed by atoms with Gasteiger partial charge in [-0.2, -0.15) is 0 Å². The molecule has 0 saturated carbocycles. The lowest BCUT2D eigenvalue weighted by Crippen LogP contribution is -2.49. The van der Waals surface area contributed by atoms with Crippen LogP contribution in [0.1, 0.15) is 35.8 Å². The van der Waals surface area contributed by atoms with E-state index >= 15 is 0 Å². The fourth-order valence-corrected chi connectivity index (χ4v) is 3.63. The summed E-state index contributed by atoms with van der Waals surface area (Å²) in [5.41, 5.74) is 1.53. The minimum atomic E-state index is -0.357. The van der Waals surface area contributed by atoms with Crippen molar-refractivity contribution in [2.24, 2.45) is 0 Å². The van der Waals surface area contributed by atoms with Crippen molar-refractivity contribution in [2.75, 3.05) is 44.2 Å². The number of esters is 1. The van der Waals surface area contributed by atoms with Crippen molar-refractivity contribution in [2.45, 2.75) is 19.9 Å². The van der Waals surface area contributed by atoms with Gasteiger partial charge in [0.15, 0.2) is 0 Å². The van der Waals surface area contributed by atoms with E-state index in [1.54, 1.807) is 19.2 Å². The summed E-state index contributed by atoms with van der Waals surface area (Å²) >= 11 is 3.43. The van der Waals surface area contributed by atoms with Crippen molar-refractivity contribution >= 4 is 33.6 Å². The Bertz CT molecular complexity index is 850. The van der Waals surface area contributed by atoms with E-state index in [1.165, 1.54) is 0 Å². The third-order valence-electron chi connectivity index (χ3n) is 5.07. The number of hydrogen-bond donors (Lipinski definition) is 1. The first-order valence-electron chi connectivity index (χ1n) is 10.1. The Morgan fingerprint density at radius 2 is 1.83 bits per heavy atom. The van der Waals surface area contributed by atoms with Crippen LogP contribution >= 0.6 is 15.9 Å². The molecule has 8 heteroatoms. The maximum Gasteiger partial charge on any atom is 0.339 e. The third kappa shape index (κ3) is 6.03. The number of piperazine rings is 1. The molecule has 0 bridgehead atoms. The molecule has 160 valence electrons.